The number of halogens is 2. The average molecular weight is 204 g/mol. The van der Waals surface area contributed by atoms with Gasteiger partial charge in [-0.25, -0.2) is 19.2 Å². The first-order valence-corrected chi connectivity index (χ1v) is 3.80. The normalized spacial score (nSPS) is 12.9. The molecule has 0 saturated heterocycles. The van der Waals surface area contributed by atoms with Crippen molar-refractivity contribution in [2.45, 2.75) is 12.5 Å². The van der Waals surface area contributed by atoms with Crippen LogP contribution in [0, 0.1) is 0 Å². The molecular formula is C7H10F2N4O. The Bertz CT molecular complexity index is 297. The zero-order chi connectivity index (χ0) is 10.6. The monoisotopic (exact) mass is 204 g/mol. The molecule has 0 fully saturated rings. The van der Waals surface area contributed by atoms with Gasteiger partial charge in [0.1, 0.15) is 11.7 Å². The summed E-state index contributed by atoms with van der Waals surface area (Å²) in [6.07, 6.45) is -0.0306. The molecule has 1 heterocycles. The van der Waals surface area contributed by atoms with E-state index in [4.69, 9.17) is 10.6 Å². The van der Waals surface area contributed by atoms with Gasteiger partial charge in [-0.2, -0.15) is 0 Å². The smallest absolute Gasteiger partial charge is 0.260 e. The summed E-state index contributed by atoms with van der Waals surface area (Å²) in [5.41, 5.74) is 1.95. The van der Waals surface area contributed by atoms with Gasteiger partial charge in [-0.3, -0.25) is 10.8 Å². The van der Waals surface area contributed by atoms with Crippen LogP contribution in [0.1, 0.15) is 11.7 Å². The van der Waals surface area contributed by atoms with Crippen LogP contribution >= 0.6 is 0 Å². The average Bonchev–Trinajstić information content (AvgIpc) is 2.19. The quantitative estimate of drug-likeness (QED) is 0.543. The number of rotatable bonds is 4. The number of nitrogens with zero attached hydrogens (tertiary/aromatic N) is 2. The summed E-state index contributed by atoms with van der Waals surface area (Å²) in [7, 11) is 1.33. The van der Waals surface area contributed by atoms with Crippen LogP contribution in [-0.4, -0.2) is 23.5 Å². The molecule has 5 nitrogen and oxygen atoms in total. The first-order chi connectivity index (χ1) is 6.70. The van der Waals surface area contributed by atoms with Crippen molar-refractivity contribution in [2.75, 3.05) is 7.11 Å². The Morgan fingerprint density at radius 3 is 2.57 bits per heavy atom. The number of aromatic nitrogens is 2. The highest BCUT2D eigenvalue weighted by Crippen LogP contribution is 2.23. The van der Waals surface area contributed by atoms with E-state index in [1.54, 1.807) is 0 Å². The highest BCUT2D eigenvalue weighted by molar-refractivity contribution is 5.21. The fourth-order valence-corrected chi connectivity index (χ4v) is 0.978. The lowest BCUT2D eigenvalue weighted by atomic mass is 10.2. The molecule has 3 N–H and O–H groups in total. The van der Waals surface area contributed by atoms with Crippen LogP contribution in [-0.2, 0) is 0 Å². The number of nitrogens with two attached hydrogens (primary N) is 1. The summed E-state index contributed by atoms with van der Waals surface area (Å²) < 4.78 is 29.6. The third-order valence-corrected chi connectivity index (χ3v) is 1.61. The van der Waals surface area contributed by atoms with Gasteiger partial charge in [0, 0.05) is 12.4 Å². The van der Waals surface area contributed by atoms with E-state index in [-0.39, 0.29) is 11.6 Å². The molecule has 14 heavy (non-hydrogen) atoms. The number of ether oxygens (including phenoxy) is 1. The zero-order valence-corrected chi connectivity index (χ0v) is 7.45. The maximum atomic E-state index is 12.4. The van der Waals surface area contributed by atoms with Gasteiger partial charge in [-0.05, 0) is 0 Å². The van der Waals surface area contributed by atoms with Crippen molar-refractivity contribution in [3.63, 3.8) is 0 Å². The summed E-state index contributed by atoms with van der Waals surface area (Å²) in [4.78, 5) is 7.47. The number of nitrogens with one attached hydrogen (secondary N) is 1. The van der Waals surface area contributed by atoms with Crippen LogP contribution in [0.25, 0.3) is 0 Å². The third-order valence-electron chi connectivity index (χ3n) is 1.61. The molecule has 0 radical (unpaired) electrons. The molecule has 1 aromatic rings. The van der Waals surface area contributed by atoms with E-state index in [9.17, 15) is 8.78 Å². The Morgan fingerprint density at radius 2 is 2.07 bits per heavy atom. The lowest BCUT2D eigenvalue weighted by Gasteiger charge is -2.15. The van der Waals surface area contributed by atoms with Gasteiger partial charge in [0.25, 0.3) is 6.43 Å². The van der Waals surface area contributed by atoms with Crippen LogP contribution in [0.5, 0.6) is 5.88 Å². The second-order valence-corrected chi connectivity index (χ2v) is 2.43. The van der Waals surface area contributed by atoms with Gasteiger partial charge in [-0.15, -0.1) is 0 Å². The zero-order valence-electron chi connectivity index (χ0n) is 7.45. The highest BCUT2D eigenvalue weighted by atomic mass is 19.3. The molecule has 0 aromatic carbocycles. The van der Waals surface area contributed by atoms with Gasteiger partial charge < -0.3 is 4.74 Å². The molecule has 1 rings (SSSR count). The minimum Gasteiger partial charge on any atom is -0.480 e. The maximum absolute atomic E-state index is 12.4. The largest absolute Gasteiger partial charge is 0.480 e. The second kappa shape index (κ2) is 4.77. The minimum atomic E-state index is -2.68. The van der Waals surface area contributed by atoms with E-state index >= 15 is 0 Å². The third kappa shape index (κ3) is 2.12. The lowest BCUT2D eigenvalue weighted by molar-refractivity contribution is 0.0949. The minimum absolute atomic E-state index is 0.00694. The van der Waals surface area contributed by atoms with Crippen molar-refractivity contribution < 1.29 is 13.5 Å². The Balaban J connectivity index is 3.02. The summed E-state index contributed by atoms with van der Waals surface area (Å²) in [6.45, 7) is 0. The van der Waals surface area contributed by atoms with Crippen LogP contribution < -0.4 is 16.0 Å². The van der Waals surface area contributed by atoms with Crippen molar-refractivity contribution in [1.82, 2.24) is 15.4 Å². The number of hydrogen-bond donors (Lipinski definition) is 2. The van der Waals surface area contributed by atoms with E-state index in [1.165, 1.54) is 19.5 Å². The fraction of sp³-hybridized carbons (Fsp3) is 0.429. The number of hydrazine groups is 1. The van der Waals surface area contributed by atoms with Crippen molar-refractivity contribution >= 4 is 0 Å². The van der Waals surface area contributed by atoms with Crippen LogP contribution in [0.3, 0.4) is 0 Å². The molecule has 0 amide bonds. The first-order valence-electron chi connectivity index (χ1n) is 3.80. The molecule has 0 aliphatic heterocycles. The molecule has 1 atom stereocenters. The number of methoxy groups -OCH3 is 1. The van der Waals surface area contributed by atoms with Crippen molar-refractivity contribution in [3.8, 4) is 5.88 Å². The van der Waals surface area contributed by atoms with E-state index in [0.717, 1.165) is 0 Å². The van der Waals surface area contributed by atoms with Gasteiger partial charge in [0.05, 0.1) is 7.11 Å². The van der Waals surface area contributed by atoms with Crippen molar-refractivity contribution in [1.29, 1.82) is 0 Å². The Morgan fingerprint density at radius 1 is 1.43 bits per heavy atom. The molecule has 78 valence electrons. The van der Waals surface area contributed by atoms with Gasteiger partial charge in [0.2, 0.25) is 5.88 Å². The van der Waals surface area contributed by atoms with E-state index < -0.39 is 12.5 Å². The number of alkyl halides is 2. The summed E-state index contributed by atoms with van der Waals surface area (Å²) >= 11 is 0. The summed E-state index contributed by atoms with van der Waals surface area (Å²) in [6, 6.07) is -1.38. The van der Waals surface area contributed by atoms with Crippen LogP contribution in [0.4, 0.5) is 8.78 Å². The molecular weight excluding hydrogens is 194 g/mol. The predicted molar refractivity (Wildman–Crippen MR) is 44.7 cm³/mol. The van der Waals surface area contributed by atoms with E-state index in [0.29, 0.717) is 0 Å². The van der Waals surface area contributed by atoms with Gasteiger partial charge in [0.15, 0.2) is 0 Å². The van der Waals surface area contributed by atoms with Gasteiger partial charge in [-0.1, -0.05) is 0 Å². The topological polar surface area (TPSA) is 73.1 Å². The molecule has 0 saturated carbocycles. The molecule has 0 bridgehead atoms. The van der Waals surface area contributed by atoms with Crippen LogP contribution in [0.15, 0.2) is 12.4 Å². The molecule has 1 unspecified atom stereocenters. The van der Waals surface area contributed by atoms with Crippen molar-refractivity contribution in [3.05, 3.63) is 18.1 Å². The lowest BCUT2D eigenvalue weighted by Crippen LogP contribution is -2.34. The SMILES string of the molecule is COc1nccnc1C(NN)C(F)F. The fourth-order valence-electron chi connectivity index (χ4n) is 0.978. The second-order valence-electron chi connectivity index (χ2n) is 2.43. The van der Waals surface area contributed by atoms with E-state index in [2.05, 4.69) is 9.97 Å². The number of hydrogen-bond acceptors (Lipinski definition) is 5. The van der Waals surface area contributed by atoms with E-state index in [1.807, 2.05) is 5.43 Å². The molecule has 1 aromatic heterocycles. The highest BCUT2D eigenvalue weighted by Gasteiger charge is 2.26. The molecule has 0 aliphatic rings. The first kappa shape index (κ1) is 10.7. The Hall–Kier alpha value is -1.34. The summed E-state index contributed by atoms with van der Waals surface area (Å²) in [5.74, 6) is 5.01. The van der Waals surface area contributed by atoms with Crippen LogP contribution in [0.2, 0.25) is 0 Å². The maximum Gasteiger partial charge on any atom is 0.260 e. The Labute approximate surface area is 79.3 Å². The molecule has 7 heteroatoms. The van der Waals surface area contributed by atoms with Gasteiger partial charge >= 0.3 is 0 Å². The summed E-state index contributed by atoms with van der Waals surface area (Å²) in [5, 5.41) is 0. The molecule has 0 spiro atoms. The standard InChI is InChI=1S/C7H10F2N4O/c1-14-7-5(11-2-3-12-7)4(13-10)6(8)9/h2-4,6,13H,10H2,1H3. The molecule has 0 aliphatic carbocycles. The Kier molecular flexibility index (Phi) is 3.66. The predicted octanol–water partition coefficient (Wildman–Crippen LogP) is 0.255. The van der Waals surface area contributed by atoms with Crippen molar-refractivity contribution in [2.24, 2.45) is 5.84 Å².